The Kier molecular flexibility index (Phi) is 13.2. The molecule has 298 valence electrons. The lowest BCUT2D eigenvalue weighted by Gasteiger charge is -2.32. The van der Waals surface area contributed by atoms with E-state index >= 15 is 0 Å². The number of imide groups is 1. The SMILES string of the molecule is O=CON1C(=O)CCC(Nc2ccc(C3CCN(CCCCCCCCCCc4cnn5ccc(N6CCC[C@@H]6c6cc(F)ccc6F)nc45)CC3)cc2)C1=O. The number of rotatable bonds is 18. The number of nitrogens with one attached hydrogen (secondary N) is 1. The number of aromatic nitrogens is 3. The Morgan fingerprint density at radius 3 is 2.38 bits per heavy atom. The summed E-state index contributed by atoms with van der Waals surface area (Å²) in [6.45, 7) is 4.23. The molecule has 3 aliphatic rings. The molecule has 11 nitrogen and oxygen atoms in total. The molecule has 3 saturated heterocycles. The van der Waals surface area contributed by atoms with Crippen LogP contribution in [0.25, 0.3) is 5.65 Å². The number of hydroxylamine groups is 2. The van der Waals surface area contributed by atoms with E-state index in [-0.39, 0.29) is 24.8 Å². The van der Waals surface area contributed by atoms with Crippen molar-refractivity contribution < 1.29 is 28.0 Å². The first kappa shape index (κ1) is 39.3. The Balaban J connectivity index is 0.750. The fourth-order valence-electron chi connectivity index (χ4n) is 8.68. The van der Waals surface area contributed by atoms with Gasteiger partial charge in [0.25, 0.3) is 11.8 Å². The number of nitrogens with zero attached hydrogens (tertiary/aromatic N) is 6. The van der Waals surface area contributed by atoms with Gasteiger partial charge >= 0.3 is 6.47 Å². The third kappa shape index (κ3) is 9.54. The van der Waals surface area contributed by atoms with Crippen LogP contribution in [0.4, 0.5) is 20.3 Å². The van der Waals surface area contributed by atoms with Crippen molar-refractivity contribution in [1.29, 1.82) is 0 Å². The van der Waals surface area contributed by atoms with Crippen LogP contribution in [0.5, 0.6) is 0 Å². The maximum atomic E-state index is 14.6. The quantitative estimate of drug-likeness (QED) is 0.0613. The fourth-order valence-corrected chi connectivity index (χ4v) is 8.68. The summed E-state index contributed by atoms with van der Waals surface area (Å²) in [7, 11) is 0. The second kappa shape index (κ2) is 18.8. The van der Waals surface area contributed by atoms with Gasteiger partial charge in [0, 0.05) is 36.0 Å². The highest BCUT2D eigenvalue weighted by atomic mass is 19.1. The predicted octanol–water partition coefficient (Wildman–Crippen LogP) is 7.91. The van der Waals surface area contributed by atoms with E-state index in [1.165, 1.54) is 68.7 Å². The summed E-state index contributed by atoms with van der Waals surface area (Å²) in [5.74, 6) is -0.544. The van der Waals surface area contributed by atoms with E-state index < -0.39 is 23.7 Å². The molecule has 5 heterocycles. The summed E-state index contributed by atoms with van der Waals surface area (Å²) in [6, 6.07) is 13.0. The molecule has 7 rings (SSSR count). The predicted molar refractivity (Wildman–Crippen MR) is 210 cm³/mol. The van der Waals surface area contributed by atoms with Crippen LogP contribution in [0, 0.1) is 11.6 Å². The minimum absolute atomic E-state index is 0.0972. The molecule has 3 aliphatic heterocycles. The van der Waals surface area contributed by atoms with Crippen molar-refractivity contribution in [3.8, 4) is 0 Å². The summed E-state index contributed by atoms with van der Waals surface area (Å²) in [5.41, 5.74) is 4.48. The van der Waals surface area contributed by atoms with Crippen molar-refractivity contribution >= 4 is 35.4 Å². The Hall–Kier alpha value is -4.91. The Bertz CT molecular complexity index is 1950. The first-order chi connectivity index (χ1) is 27.4. The van der Waals surface area contributed by atoms with Gasteiger partial charge in [0.05, 0.1) is 12.2 Å². The number of aryl methyl sites for hydroxylation is 1. The largest absolute Gasteiger partial charge is 0.374 e. The number of anilines is 2. The number of amides is 2. The topological polar surface area (TPSA) is 112 Å². The van der Waals surface area contributed by atoms with Crippen LogP contribution in [0.1, 0.15) is 119 Å². The molecule has 2 amide bonds. The van der Waals surface area contributed by atoms with Gasteiger partial charge in [-0.1, -0.05) is 50.7 Å². The molecule has 0 spiro atoms. The summed E-state index contributed by atoms with van der Waals surface area (Å²) in [5, 5.41) is 8.25. The van der Waals surface area contributed by atoms with E-state index in [1.807, 2.05) is 35.1 Å². The smallest absolute Gasteiger partial charge is 0.321 e. The third-order valence-electron chi connectivity index (χ3n) is 11.8. The second-order valence-corrected chi connectivity index (χ2v) is 15.5. The van der Waals surface area contributed by atoms with Crippen molar-refractivity contribution in [2.24, 2.45) is 0 Å². The van der Waals surface area contributed by atoms with Crippen LogP contribution in [0.3, 0.4) is 0 Å². The van der Waals surface area contributed by atoms with Gasteiger partial charge in [-0.15, -0.1) is 5.06 Å². The van der Waals surface area contributed by atoms with Crippen molar-refractivity contribution in [3.63, 3.8) is 0 Å². The molecular formula is C43H53F2N7O4. The molecule has 0 radical (unpaired) electrons. The molecule has 56 heavy (non-hydrogen) atoms. The van der Waals surface area contributed by atoms with Gasteiger partial charge in [-0.3, -0.25) is 14.4 Å². The maximum Gasteiger partial charge on any atom is 0.321 e. The third-order valence-corrected chi connectivity index (χ3v) is 11.8. The fraction of sp³-hybridized carbons (Fsp3) is 0.512. The van der Waals surface area contributed by atoms with E-state index in [4.69, 9.17) is 4.98 Å². The molecule has 13 heteroatoms. The van der Waals surface area contributed by atoms with Crippen LogP contribution < -0.4 is 10.2 Å². The zero-order valence-electron chi connectivity index (χ0n) is 32.1. The average molecular weight is 770 g/mol. The Morgan fingerprint density at radius 2 is 1.61 bits per heavy atom. The van der Waals surface area contributed by atoms with Crippen LogP contribution in [-0.2, 0) is 25.6 Å². The van der Waals surface area contributed by atoms with Crippen molar-refractivity contribution in [2.45, 2.75) is 114 Å². The average Bonchev–Trinajstić information content (AvgIpc) is 3.87. The molecule has 1 N–H and O–H groups in total. The molecule has 4 aromatic rings. The van der Waals surface area contributed by atoms with Crippen molar-refractivity contribution in [1.82, 2.24) is 24.6 Å². The summed E-state index contributed by atoms with van der Waals surface area (Å²) < 4.78 is 30.4. The van der Waals surface area contributed by atoms with Gasteiger partial charge in [-0.2, -0.15) is 5.10 Å². The minimum atomic E-state index is -0.613. The number of halogens is 2. The lowest BCUT2D eigenvalue weighted by Crippen LogP contribution is -2.50. The first-order valence-electron chi connectivity index (χ1n) is 20.5. The first-order valence-corrected chi connectivity index (χ1v) is 20.5. The summed E-state index contributed by atoms with van der Waals surface area (Å²) in [4.78, 5) is 49.3. The van der Waals surface area contributed by atoms with Crippen LogP contribution in [0.15, 0.2) is 60.9 Å². The number of fused-ring (bicyclic) bond motifs is 1. The lowest BCUT2D eigenvalue weighted by atomic mass is 9.89. The van der Waals surface area contributed by atoms with Gasteiger partial charge in [-0.25, -0.2) is 18.3 Å². The molecule has 1 unspecified atom stereocenters. The number of piperidine rings is 2. The minimum Gasteiger partial charge on any atom is -0.374 e. The molecule has 2 aromatic heterocycles. The Morgan fingerprint density at radius 1 is 0.857 bits per heavy atom. The highest BCUT2D eigenvalue weighted by Gasteiger charge is 2.36. The normalized spacial score (nSPS) is 19.6. The lowest BCUT2D eigenvalue weighted by molar-refractivity contribution is -0.197. The number of hydrogen-bond donors (Lipinski definition) is 1. The molecule has 2 atom stereocenters. The zero-order chi connectivity index (χ0) is 38.9. The van der Waals surface area contributed by atoms with Crippen molar-refractivity contribution in [2.75, 3.05) is 36.4 Å². The van der Waals surface area contributed by atoms with E-state index in [0.717, 1.165) is 87.4 Å². The molecule has 3 fully saturated rings. The number of unbranched alkanes of at least 4 members (excludes halogenated alkanes) is 7. The van der Waals surface area contributed by atoms with Gasteiger partial charge in [0.2, 0.25) is 0 Å². The monoisotopic (exact) mass is 769 g/mol. The molecule has 2 aromatic carbocycles. The van der Waals surface area contributed by atoms with Crippen LogP contribution in [-0.4, -0.2) is 75.1 Å². The van der Waals surface area contributed by atoms with E-state index in [0.29, 0.717) is 23.0 Å². The highest BCUT2D eigenvalue weighted by molar-refractivity contribution is 6.00. The highest BCUT2D eigenvalue weighted by Crippen LogP contribution is 2.37. The summed E-state index contributed by atoms with van der Waals surface area (Å²) >= 11 is 0. The van der Waals surface area contributed by atoms with E-state index in [2.05, 4.69) is 37.2 Å². The van der Waals surface area contributed by atoms with Gasteiger partial charge in [-0.05, 0) is 119 Å². The van der Waals surface area contributed by atoms with Gasteiger partial charge in [0.1, 0.15) is 23.5 Å². The maximum absolute atomic E-state index is 14.6. The van der Waals surface area contributed by atoms with E-state index in [1.54, 1.807) is 0 Å². The number of benzene rings is 2. The van der Waals surface area contributed by atoms with Crippen LogP contribution >= 0.6 is 0 Å². The molecule has 0 bridgehead atoms. The number of carbonyl (C=O) groups is 3. The molecule has 0 saturated carbocycles. The zero-order valence-corrected chi connectivity index (χ0v) is 32.1. The van der Waals surface area contributed by atoms with Gasteiger partial charge in [0.15, 0.2) is 5.65 Å². The standard InChI is InChI=1S/C43H53F2N7O4/c44-34-14-17-37(45)36(28-34)39-11-9-24-50(39)40-22-27-51-42(48-40)33(29-46-51)10-7-5-3-1-2-4-6-8-23-49-25-20-32(21-26-49)31-12-15-35(16-13-31)47-38-18-19-41(54)52(43(38)55)56-30-53/h12-17,22,27-30,32,38-39,47H,1-11,18-21,23-26H2/t38?,39-/m1/s1. The second-order valence-electron chi connectivity index (χ2n) is 15.5. The number of likely N-dealkylation sites (tertiary alicyclic amines) is 1. The van der Waals surface area contributed by atoms with Gasteiger partial charge < -0.3 is 20.0 Å². The number of hydrogen-bond acceptors (Lipinski definition) is 9. The van der Waals surface area contributed by atoms with Crippen LogP contribution in [0.2, 0.25) is 0 Å². The Labute approximate surface area is 327 Å². The molecule has 0 aliphatic carbocycles. The van der Waals surface area contributed by atoms with Crippen molar-refractivity contribution in [3.05, 3.63) is 89.2 Å². The molecular weight excluding hydrogens is 717 g/mol. The number of carbonyl (C=O) groups excluding carboxylic acids is 3. The summed E-state index contributed by atoms with van der Waals surface area (Å²) in [6.07, 6.45) is 19.0. The van der Waals surface area contributed by atoms with E-state index in [9.17, 15) is 23.2 Å².